The van der Waals surface area contributed by atoms with Gasteiger partial charge in [-0.1, -0.05) is 18.2 Å². The average Bonchev–Trinajstić information content (AvgIpc) is 3.00. The third-order valence-corrected chi connectivity index (χ3v) is 5.27. The zero-order valence-electron chi connectivity index (χ0n) is 14.0. The first-order valence-corrected chi connectivity index (χ1v) is 8.51. The molecule has 1 aliphatic carbocycles. The van der Waals surface area contributed by atoms with Gasteiger partial charge in [0.25, 0.3) is 0 Å². The Morgan fingerprint density at radius 1 is 1.50 bits per heavy atom. The molecule has 1 aliphatic heterocycles. The van der Waals surface area contributed by atoms with Crippen LogP contribution >= 0.6 is 0 Å². The van der Waals surface area contributed by atoms with E-state index in [0.29, 0.717) is 12.6 Å². The number of fused-ring (bicyclic) bond motifs is 2. The van der Waals surface area contributed by atoms with Crippen LogP contribution in [-0.2, 0) is 11.2 Å². The lowest BCUT2D eigenvalue weighted by atomic mass is 9.80. The molecule has 1 amide bonds. The predicted octanol–water partition coefficient (Wildman–Crippen LogP) is 1.53. The van der Waals surface area contributed by atoms with E-state index in [1.165, 1.54) is 22.1 Å². The number of likely N-dealkylation sites (N-methyl/N-ethyl adjacent to an activating group) is 1. The third-order valence-electron chi connectivity index (χ3n) is 5.27. The number of carbonyl (C=O) groups is 1. The van der Waals surface area contributed by atoms with E-state index < -0.39 is 0 Å². The Balaban J connectivity index is 1.75. The molecule has 3 atom stereocenters. The van der Waals surface area contributed by atoms with Crippen molar-refractivity contribution in [2.45, 2.75) is 25.4 Å². The van der Waals surface area contributed by atoms with Gasteiger partial charge in [-0.2, -0.15) is 0 Å². The van der Waals surface area contributed by atoms with Gasteiger partial charge in [-0.25, -0.2) is 0 Å². The van der Waals surface area contributed by atoms with Crippen LogP contribution in [0.2, 0.25) is 0 Å². The second-order valence-electron chi connectivity index (χ2n) is 7.02. The van der Waals surface area contributed by atoms with E-state index in [1.54, 1.807) is 0 Å². The van der Waals surface area contributed by atoms with Gasteiger partial charge in [-0.15, -0.1) is 0 Å². The lowest BCUT2D eigenvalue weighted by Crippen LogP contribution is -2.48. The molecule has 0 saturated carbocycles. The third kappa shape index (κ3) is 2.36. The second-order valence-corrected chi connectivity index (χ2v) is 7.02. The van der Waals surface area contributed by atoms with Gasteiger partial charge >= 0.3 is 0 Å². The van der Waals surface area contributed by atoms with E-state index in [2.05, 4.69) is 52.7 Å². The van der Waals surface area contributed by atoms with Gasteiger partial charge in [0, 0.05) is 35.7 Å². The van der Waals surface area contributed by atoms with Crippen molar-refractivity contribution in [3.63, 3.8) is 0 Å². The lowest BCUT2D eigenvalue weighted by Gasteiger charge is -2.39. The molecule has 2 aromatic rings. The molecule has 5 nitrogen and oxygen atoms in total. The number of aliphatic hydroxyl groups is 1. The number of hydrogen-bond donors (Lipinski definition) is 3. The lowest BCUT2D eigenvalue weighted by molar-refractivity contribution is -0.125. The second kappa shape index (κ2) is 5.76. The summed E-state index contributed by atoms with van der Waals surface area (Å²) in [6.45, 7) is 2.47. The number of aliphatic hydroxyl groups excluding tert-OH is 1. The molecule has 0 fully saturated rings. The van der Waals surface area contributed by atoms with Crippen LogP contribution in [0.1, 0.15) is 18.1 Å². The minimum Gasteiger partial charge on any atom is -0.394 e. The Bertz CT molecular complexity index is 823. The van der Waals surface area contributed by atoms with Gasteiger partial charge in [0.1, 0.15) is 0 Å². The number of rotatable bonds is 3. The Morgan fingerprint density at radius 2 is 2.33 bits per heavy atom. The van der Waals surface area contributed by atoms with Crippen molar-refractivity contribution < 1.29 is 9.90 Å². The molecule has 0 saturated heterocycles. The molecule has 1 aromatic carbocycles. The summed E-state index contributed by atoms with van der Waals surface area (Å²) in [6, 6.07) is 6.42. The topological polar surface area (TPSA) is 68.4 Å². The van der Waals surface area contributed by atoms with Crippen molar-refractivity contribution in [2.75, 3.05) is 20.2 Å². The SMILES string of the molecule is C[C@H](CO)NC(=O)[C@H]1C=C2c3cccc4[nH]cc(c34)C[C@H]2N(C)C1. The maximum absolute atomic E-state index is 12.5. The first-order chi connectivity index (χ1) is 11.6. The first-order valence-electron chi connectivity index (χ1n) is 8.51. The van der Waals surface area contributed by atoms with E-state index in [1.807, 2.05) is 6.92 Å². The number of aromatic nitrogens is 1. The maximum atomic E-state index is 12.5. The van der Waals surface area contributed by atoms with Crippen LogP contribution in [-0.4, -0.2) is 53.2 Å². The summed E-state index contributed by atoms with van der Waals surface area (Å²) in [7, 11) is 2.09. The molecule has 0 bridgehead atoms. The molecule has 24 heavy (non-hydrogen) atoms. The van der Waals surface area contributed by atoms with Crippen LogP contribution < -0.4 is 5.32 Å². The van der Waals surface area contributed by atoms with Gasteiger partial charge in [0.2, 0.25) is 5.91 Å². The number of nitrogens with one attached hydrogen (secondary N) is 2. The number of nitrogens with zero attached hydrogens (tertiary/aromatic N) is 1. The molecule has 2 aliphatic rings. The van der Waals surface area contributed by atoms with Gasteiger partial charge in [-0.05, 0) is 43.2 Å². The Kier molecular flexibility index (Phi) is 3.70. The number of amides is 1. The summed E-state index contributed by atoms with van der Waals surface area (Å²) in [4.78, 5) is 18.2. The predicted molar refractivity (Wildman–Crippen MR) is 94.6 cm³/mol. The van der Waals surface area contributed by atoms with Crippen molar-refractivity contribution in [3.05, 3.63) is 41.6 Å². The summed E-state index contributed by atoms with van der Waals surface area (Å²) in [5, 5.41) is 13.3. The molecule has 5 heteroatoms. The zero-order chi connectivity index (χ0) is 16.8. The number of hydrogen-bond acceptors (Lipinski definition) is 3. The van der Waals surface area contributed by atoms with Gasteiger partial charge in [-0.3, -0.25) is 9.69 Å². The fourth-order valence-electron chi connectivity index (χ4n) is 4.01. The van der Waals surface area contributed by atoms with E-state index >= 15 is 0 Å². The van der Waals surface area contributed by atoms with Crippen LogP contribution in [0.15, 0.2) is 30.5 Å². The number of aromatic amines is 1. The van der Waals surface area contributed by atoms with Crippen LogP contribution in [0.4, 0.5) is 0 Å². The fourth-order valence-corrected chi connectivity index (χ4v) is 4.01. The molecular formula is C19H23N3O2. The number of H-pyrrole nitrogens is 1. The minimum atomic E-state index is -0.218. The molecule has 1 aromatic heterocycles. The highest BCUT2D eigenvalue weighted by Gasteiger charge is 2.35. The van der Waals surface area contributed by atoms with Crippen molar-refractivity contribution in [3.8, 4) is 0 Å². The van der Waals surface area contributed by atoms with Crippen molar-refractivity contribution in [1.29, 1.82) is 0 Å². The van der Waals surface area contributed by atoms with Crippen LogP contribution in [0, 0.1) is 5.92 Å². The molecule has 4 rings (SSSR count). The summed E-state index contributed by atoms with van der Waals surface area (Å²) in [5.41, 5.74) is 4.99. The largest absolute Gasteiger partial charge is 0.394 e. The minimum absolute atomic E-state index is 0.0126. The Labute approximate surface area is 141 Å². The van der Waals surface area contributed by atoms with Crippen molar-refractivity contribution >= 4 is 22.4 Å². The van der Waals surface area contributed by atoms with E-state index in [0.717, 1.165) is 11.9 Å². The van der Waals surface area contributed by atoms with Gasteiger partial charge < -0.3 is 15.4 Å². The van der Waals surface area contributed by atoms with E-state index in [4.69, 9.17) is 5.11 Å². The number of benzene rings is 1. The van der Waals surface area contributed by atoms with Crippen LogP contribution in [0.5, 0.6) is 0 Å². The average molecular weight is 325 g/mol. The summed E-state index contributed by atoms with van der Waals surface area (Å²) in [5.74, 6) is -0.201. The smallest absolute Gasteiger partial charge is 0.228 e. The molecule has 2 heterocycles. The Hall–Kier alpha value is -2.11. The monoisotopic (exact) mass is 325 g/mol. The molecule has 126 valence electrons. The fraction of sp³-hybridized carbons (Fsp3) is 0.421. The number of carbonyl (C=O) groups excluding carboxylic acids is 1. The summed E-state index contributed by atoms with van der Waals surface area (Å²) < 4.78 is 0. The van der Waals surface area contributed by atoms with Gasteiger partial charge in [0.05, 0.1) is 12.5 Å². The van der Waals surface area contributed by atoms with Crippen LogP contribution in [0.3, 0.4) is 0 Å². The van der Waals surface area contributed by atoms with E-state index in [9.17, 15) is 4.79 Å². The molecule has 0 spiro atoms. The quantitative estimate of drug-likeness (QED) is 0.802. The Morgan fingerprint density at radius 3 is 3.12 bits per heavy atom. The molecule has 0 radical (unpaired) electrons. The highest BCUT2D eigenvalue weighted by Crippen LogP contribution is 2.40. The van der Waals surface area contributed by atoms with Gasteiger partial charge in [0.15, 0.2) is 0 Å². The summed E-state index contributed by atoms with van der Waals surface area (Å²) >= 11 is 0. The standard InChI is InChI=1S/C19H23N3O2/c1-11(10-23)21-19(24)13-6-15-14-4-3-5-16-18(14)12(8-20-16)7-17(15)22(2)9-13/h3-6,8,11,13,17,20,23H,7,9-10H2,1-2H3,(H,21,24)/t11-,13+,17-/m1/s1. The van der Waals surface area contributed by atoms with Crippen molar-refractivity contribution in [1.82, 2.24) is 15.2 Å². The first kappa shape index (κ1) is 15.4. The normalized spacial score (nSPS) is 24.4. The maximum Gasteiger partial charge on any atom is 0.228 e. The van der Waals surface area contributed by atoms with Crippen LogP contribution in [0.25, 0.3) is 16.5 Å². The molecule has 0 unspecified atom stereocenters. The summed E-state index contributed by atoms with van der Waals surface area (Å²) in [6.07, 6.45) is 5.22. The molecular weight excluding hydrogens is 302 g/mol. The highest BCUT2D eigenvalue weighted by atomic mass is 16.3. The van der Waals surface area contributed by atoms with E-state index in [-0.39, 0.29) is 24.5 Å². The van der Waals surface area contributed by atoms with Crippen molar-refractivity contribution in [2.24, 2.45) is 5.92 Å². The molecule has 3 N–H and O–H groups in total. The zero-order valence-corrected chi connectivity index (χ0v) is 14.0. The highest BCUT2D eigenvalue weighted by molar-refractivity contribution is 5.99.